The molecule has 1 aliphatic rings. The van der Waals surface area contributed by atoms with Crippen LogP contribution in [0.5, 0.6) is 5.75 Å². The topological polar surface area (TPSA) is 55.4 Å². The average Bonchev–Trinajstić information content (AvgIpc) is 2.78. The van der Waals surface area contributed by atoms with Crippen LogP contribution in [0.15, 0.2) is 24.3 Å². The van der Waals surface area contributed by atoms with Crippen molar-refractivity contribution < 1.29 is 14.3 Å². The molecule has 1 atom stereocenters. The Morgan fingerprint density at radius 3 is 2.80 bits per heavy atom. The van der Waals surface area contributed by atoms with Crippen molar-refractivity contribution in [2.75, 3.05) is 13.7 Å². The molecule has 0 aromatic heterocycles. The van der Waals surface area contributed by atoms with Crippen LogP contribution in [-0.4, -0.2) is 30.2 Å². The molecule has 0 bridgehead atoms. The first-order valence-corrected chi connectivity index (χ1v) is 11.6. The number of thiocarbonyl (C=S) groups is 1. The second kappa shape index (κ2) is 12.9. The van der Waals surface area contributed by atoms with Crippen LogP contribution in [-0.2, 0) is 9.59 Å². The highest BCUT2D eigenvalue weighted by atomic mass is 35.5. The Morgan fingerprint density at radius 2 is 2.07 bits per heavy atom. The quantitative estimate of drug-likeness (QED) is 0.374. The van der Waals surface area contributed by atoms with Gasteiger partial charge in [0.1, 0.15) is 5.75 Å². The summed E-state index contributed by atoms with van der Waals surface area (Å²) in [5.74, 6) is 0.636. The van der Waals surface area contributed by atoms with E-state index in [4.69, 9.17) is 28.6 Å². The lowest BCUT2D eigenvalue weighted by atomic mass is 9.88. The van der Waals surface area contributed by atoms with Crippen molar-refractivity contribution in [1.29, 1.82) is 0 Å². The van der Waals surface area contributed by atoms with E-state index in [0.29, 0.717) is 49.4 Å². The zero-order valence-corrected chi connectivity index (χ0v) is 19.5. The van der Waals surface area contributed by atoms with E-state index in [0.717, 1.165) is 28.8 Å². The van der Waals surface area contributed by atoms with E-state index >= 15 is 0 Å². The van der Waals surface area contributed by atoms with Crippen LogP contribution in [0.1, 0.15) is 70.3 Å². The number of hydrogen-bond acceptors (Lipinski definition) is 4. The fraction of sp³-hybridized carbons (Fsp3) is 0.542. The SMILES string of the molecule is CCCCCCNC(=O)CC1CC(c2cc(Cl)ccc2OC)=CC(=O)CCCC1=S. The number of carbonyl (C=O) groups is 2. The number of amides is 1. The maximum absolute atomic E-state index is 12.6. The van der Waals surface area contributed by atoms with Gasteiger partial charge in [0.15, 0.2) is 5.78 Å². The number of methoxy groups -OCH3 is 1. The smallest absolute Gasteiger partial charge is 0.220 e. The van der Waals surface area contributed by atoms with E-state index in [1.807, 2.05) is 6.07 Å². The number of ether oxygens (including phenoxy) is 1. The summed E-state index contributed by atoms with van der Waals surface area (Å²) in [6.07, 6.45) is 8.85. The normalized spacial score (nSPS) is 17.6. The lowest BCUT2D eigenvalue weighted by Crippen LogP contribution is -2.28. The van der Waals surface area contributed by atoms with Crippen molar-refractivity contribution in [2.24, 2.45) is 5.92 Å². The van der Waals surface area contributed by atoms with Crippen molar-refractivity contribution in [3.05, 3.63) is 34.9 Å². The molecule has 0 saturated heterocycles. The van der Waals surface area contributed by atoms with Crippen LogP contribution >= 0.6 is 23.8 Å². The van der Waals surface area contributed by atoms with Gasteiger partial charge in [0.25, 0.3) is 0 Å². The molecular formula is C24H32ClNO3S. The first-order chi connectivity index (χ1) is 14.4. The van der Waals surface area contributed by atoms with Gasteiger partial charge in [-0.25, -0.2) is 0 Å². The average molecular weight is 450 g/mol. The van der Waals surface area contributed by atoms with Crippen LogP contribution in [0.4, 0.5) is 0 Å². The zero-order valence-electron chi connectivity index (χ0n) is 18.0. The van der Waals surface area contributed by atoms with E-state index in [-0.39, 0.29) is 17.6 Å². The van der Waals surface area contributed by atoms with Crippen LogP contribution < -0.4 is 10.1 Å². The van der Waals surface area contributed by atoms with E-state index in [1.165, 1.54) is 12.8 Å². The summed E-state index contributed by atoms with van der Waals surface area (Å²) in [4.78, 5) is 25.9. The van der Waals surface area contributed by atoms with Gasteiger partial charge in [0, 0.05) is 35.9 Å². The summed E-state index contributed by atoms with van der Waals surface area (Å²) in [5, 5.41) is 3.60. The molecule has 0 fully saturated rings. The monoisotopic (exact) mass is 449 g/mol. The molecule has 0 spiro atoms. The number of benzene rings is 1. The van der Waals surface area contributed by atoms with Gasteiger partial charge in [-0.15, -0.1) is 0 Å². The summed E-state index contributed by atoms with van der Waals surface area (Å²) in [5.41, 5.74) is 1.61. The highest BCUT2D eigenvalue weighted by Crippen LogP contribution is 2.35. The maximum atomic E-state index is 12.6. The molecule has 1 N–H and O–H groups in total. The first-order valence-electron chi connectivity index (χ1n) is 10.8. The number of carbonyl (C=O) groups excluding carboxylic acids is 2. The largest absolute Gasteiger partial charge is 0.496 e. The summed E-state index contributed by atoms with van der Waals surface area (Å²) in [6.45, 7) is 2.86. The molecule has 6 heteroatoms. The van der Waals surface area contributed by atoms with Crippen molar-refractivity contribution in [3.8, 4) is 5.75 Å². The van der Waals surface area contributed by atoms with E-state index in [9.17, 15) is 9.59 Å². The Labute approximate surface area is 190 Å². The van der Waals surface area contributed by atoms with E-state index in [2.05, 4.69) is 12.2 Å². The minimum absolute atomic E-state index is 0.0156. The van der Waals surface area contributed by atoms with Crippen LogP contribution in [0.3, 0.4) is 0 Å². The molecule has 30 heavy (non-hydrogen) atoms. The number of hydrogen-bond donors (Lipinski definition) is 1. The first kappa shape index (κ1) is 24.5. The van der Waals surface area contributed by atoms with Crippen molar-refractivity contribution in [2.45, 2.75) is 64.7 Å². The molecule has 4 nitrogen and oxygen atoms in total. The maximum Gasteiger partial charge on any atom is 0.220 e. The molecule has 1 aliphatic carbocycles. The third-order valence-electron chi connectivity index (χ3n) is 5.39. The van der Waals surface area contributed by atoms with Crippen LogP contribution in [0.2, 0.25) is 5.02 Å². The van der Waals surface area contributed by atoms with E-state index in [1.54, 1.807) is 25.3 Å². The van der Waals surface area contributed by atoms with Gasteiger partial charge < -0.3 is 10.1 Å². The van der Waals surface area contributed by atoms with E-state index < -0.39 is 0 Å². The highest BCUT2D eigenvalue weighted by molar-refractivity contribution is 7.80. The standard InChI is InChI=1S/C24H32ClNO3S/c1-3-4-5-6-12-26-24(28)15-18-13-17(14-20(27)8-7-9-23(18)30)21-16-19(25)10-11-22(21)29-2/h10-11,14,16,18H,3-9,12-13,15H2,1-2H3,(H,26,28). The van der Waals surface area contributed by atoms with Crippen LogP contribution in [0.25, 0.3) is 5.57 Å². The minimum Gasteiger partial charge on any atom is -0.496 e. The Bertz CT molecular complexity index is 791. The van der Waals surface area contributed by atoms with Gasteiger partial charge in [-0.2, -0.15) is 0 Å². The Morgan fingerprint density at radius 1 is 1.27 bits per heavy atom. The van der Waals surface area contributed by atoms with Crippen molar-refractivity contribution in [1.82, 2.24) is 5.32 Å². The fourth-order valence-electron chi connectivity index (χ4n) is 3.73. The number of unbranched alkanes of at least 4 members (excludes halogenated alkanes) is 3. The molecule has 0 aliphatic heterocycles. The molecule has 1 aromatic rings. The molecule has 1 aromatic carbocycles. The van der Waals surface area contributed by atoms with Gasteiger partial charge in [-0.1, -0.05) is 50.0 Å². The fourth-order valence-corrected chi connectivity index (χ4v) is 4.21. The predicted octanol–water partition coefficient (Wildman–Crippen LogP) is 5.95. The van der Waals surface area contributed by atoms with Gasteiger partial charge in [-0.05, 0) is 60.4 Å². The molecule has 1 unspecified atom stereocenters. The molecule has 0 saturated carbocycles. The Balaban J connectivity index is 2.18. The number of nitrogens with one attached hydrogen (secondary N) is 1. The molecule has 1 amide bonds. The highest BCUT2D eigenvalue weighted by Gasteiger charge is 2.24. The predicted molar refractivity (Wildman–Crippen MR) is 127 cm³/mol. The van der Waals surface area contributed by atoms with Gasteiger partial charge in [0.2, 0.25) is 5.91 Å². The van der Waals surface area contributed by atoms with Gasteiger partial charge >= 0.3 is 0 Å². The lowest BCUT2D eigenvalue weighted by Gasteiger charge is -2.20. The zero-order chi connectivity index (χ0) is 21.9. The molecule has 2 rings (SSSR count). The molecule has 0 radical (unpaired) electrons. The Hall–Kier alpha value is -1.72. The minimum atomic E-state index is -0.100. The second-order valence-corrected chi connectivity index (χ2v) is 8.78. The molecule has 164 valence electrons. The Kier molecular flexibility index (Phi) is 10.5. The third kappa shape index (κ3) is 7.84. The number of rotatable bonds is 9. The van der Waals surface area contributed by atoms with Crippen molar-refractivity contribution >= 4 is 45.9 Å². The van der Waals surface area contributed by atoms with Crippen LogP contribution in [0, 0.1) is 5.92 Å². The third-order valence-corrected chi connectivity index (χ3v) is 6.17. The van der Waals surface area contributed by atoms with Gasteiger partial charge in [-0.3, -0.25) is 9.59 Å². The number of ketones is 1. The summed E-state index contributed by atoms with van der Waals surface area (Å²) < 4.78 is 5.50. The summed E-state index contributed by atoms with van der Waals surface area (Å²) in [7, 11) is 1.60. The van der Waals surface area contributed by atoms with Gasteiger partial charge in [0.05, 0.1) is 7.11 Å². The second-order valence-electron chi connectivity index (χ2n) is 7.82. The number of allylic oxidation sites excluding steroid dienone is 2. The number of halogens is 1. The molecular weight excluding hydrogens is 418 g/mol. The summed E-state index contributed by atoms with van der Waals surface area (Å²) in [6, 6.07) is 5.37. The summed E-state index contributed by atoms with van der Waals surface area (Å²) >= 11 is 11.9. The lowest BCUT2D eigenvalue weighted by molar-refractivity contribution is -0.121. The molecule has 0 heterocycles. The van der Waals surface area contributed by atoms with Crippen molar-refractivity contribution in [3.63, 3.8) is 0 Å².